The molecule has 5 heteroatoms. The molecule has 0 fully saturated rings. The quantitative estimate of drug-likeness (QED) is 0.735. The van der Waals surface area contributed by atoms with E-state index < -0.39 is 5.41 Å². The largest absolute Gasteiger partial charge is 0.376 e. The molecular formula is C10H11ClN2O2. The van der Waals surface area contributed by atoms with Gasteiger partial charge in [0.1, 0.15) is 11.9 Å². The smallest absolute Gasteiger partial charge is 0.239 e. The number of pyridine rings is 1. The fourth-order valence-corrected chi connectivity index (χ4v) is 1.98. The van der Waals surface area contributed by atoms with Crippen molar-refractivity contribution in [2.24, 2.45) is 0 Å². The molecule has 1 N–H and O–H groups in total. The van der Waals surface area contributed by atoms with E-state index in [1.54, 1.807) is 26.1 Å². The van der Waals surface area contributed by atoms with Gasteiger partial charge < -0.3 is 5.11 Å². The van der Waals surface area contributed by atoms with Gasteiger partial charge in [0.2, 0.25) is 5.91 Å². The Bertz CT molecular complexity index is 431. The zero-order valence-corrected chi connectivity index (χ0v) is 9.25. The average molecular weight is 227 g/mol. The van der Waals surface area contributed by atoms with Gasteiger partial charge in [-0.15, -0.1) is 0 Å². The number of anilines is 1. The standard InChI is InChI=1S/C10H11ClN2O2/c1-10(2)6-4-12-8(11)3-7(6)13(5-14)9(10)15/h3-4,14H,5H2,1-2H3. The summed E-state index contributed by atoms with van der Waals surface area (Å²) in [7, 11) is 0. The number of carbonyl (C=O) groups excluding carboxylic acids is 1. The Kier molecular flexibility index (Phi) is 2.20. The molecule has 4 nitrogen and oxygen atoms in total. The molecule has 0 aromatic carbocycles. The number of rotatable bonds is 1. The molecule has 0 bridgehead atoms. The highest BCUT2D eigenvalue weighted by molar-refractivity contribution is 6.30. The van der Waals surface area contributed by atoms with Crippen molar-refractivity contribution in [1.29, 1.82) is 0 Å². The summed E-state index contributed by atoms with van der Waals surface area (Å²) in [5.74, 6) is -0.135. The molecule has 0 aliphatic carbocycles. The van der Waals surface area contributed by atoms with Crippen molar-refractivity contribution < 1.29 is 9.90 Å². The molecular weight excluding hydrogens is 216 g/mol. The number of carbonyl (C=O) groups is 1. The SMILES string of the molecule is CC1(C)C(=O)N(CO)c2cc(Cl)ncc21. The predicted octanol–water partition coefficient (Wildman–Crippen LogP) is 1.31. The van der Waals surface area contributed by atoms with Crippen LogP contribution in [0.4, 0.5) is 5.69 Å². The fraction of sp³-hybridized carbons (Fsp3) is 0.400. The van der Waals surface area contributed by atoms with Gasteiger partial charge in [0.15, 0.2) is 0 Å². The van der Waals surface area contributed by atoms with Gasteiger partial charge in [-0.1, -0.05) is 11.6 Å². The summed E-state index contributed by atoms with van der Waals surface area (Å²) in [6.45, 7) is 3.27. The number of hydrogen-bond acceptors (Lipinski definition) is 3. The molecule has 2 rings (SSSR count). The van der Waals surface area contributed by atoms with E-state index >= 15 is 0 Å². The number of hydrogen-bond donors (Lipinski definition) is 1. The van der Waals surface area contributed by atoms with Crippen molar-refractivity contribution in [2.75, 3.05) is 11.6 Å². The molecule has 0 atom stereocenters. The van der Waals surface area contributed by atoms with Crippen LogP contribution in [-0.4, -0.2) is 22.7 Å². The summed E-state index contributed by atoms with van der Waals surface area (Å²) >= 11 is 5.76. The highest BCUT2D eigenvalue weighted by atomic mass is 35.5. The second-order valence-electron chi connectivity index (χ2n) is 4.02. The van der Waals surface area contributed by atoms with E-state index in [4.69, 9.17) is 16.7 Å². The average Bonchev–Trinajstić information content (AvgIpc) is 2.35. The summed E-state index contributed by atoms with van der Waals surface area (Å²) in [4.78, 5) is 17.2. The van der Waals surface area contributed by atoms with Crippen LogP contribution in [0.3, 0.4) is 0 Å². The second kappa shape index (κ2) is 3.18. The summed E-state index contributed by atoms with van der Waals surface area (Å²) in [5, 5.41) is 9.47. The Morgan fingerprint density at radius 2 is 2.27 bits per heavy atom. The number of halogens is 1. The minimum atomic E-state index is -0.643. The molecule has 1 aliphatic rings. The van der Waals surface area contributed by atoms with Crippen molar-refractivity contribution in [3.8, 4) is 0 Å². The van der Waals surface area contributed by atoms with Gasteiger partial charge >= 0.3 is 0 Å². The lowest BCUT2D eigenvalue weighted by atomic mass is 9.87. The first-order valence-corrected chi connectivity index (χ1v) is 4.95. The highest BCUT2D eigenvalue weighted by Gasteiger charge is 2.43. The van der Waals surface area contributed by atoms with Crippen LogP contribution in [0.1, 0.15) is 19.4 Å². The summed E-state index contributed by atoms with van der Waals surface area (Å²) in [6.07, 6.45) is 1.59. The Morgan fingerprint density at radius 3 is 2.87 bits per heavy atom. The molecule has 1 aliphatic heterocycles. The summed E-state index contributed by atoms with van der Waals surface area (Å²) in [6, 6.07) is 1.60. The van der Waals surface area contributed by atoms with Gasteiger partial charge in [0.25, 0.3) is 0 Å². The minimum Gasteiger partial charge on any atom is -0.376 e. The van der Waals surface area contributed by atoms with Gasteiger partial charge in [0.05, 0.1) is 11.1 Å². The van der Waals surface area contributed by atoms with Crippen molar-refractivity contribution in [3.63, 3.8) is 0 Å². The maximum atomic E-state index is 11.9. The zero-order chi connectivity index (χ0) is 11.2. The lowest BCUT2D eigenvalue weighted by molar-refractivity contribution is -0.122. The molecule has 80 valence electrons. The molecule has 1 aromatic rings. The second-order valence-corrected chi connectivity index (χ2v) is 4.41. The van der Waals surface area contributed by atoms with Gasteiger partial charge in [-0.05, 0) is 19.9 Å². The number of nitrogens with zero attached hydrogens (tertiary/aromatic N) is 2. The van der Waals surface area contributed by atoms with E-state index in [1.165, 1.54) is 4.90 Å². The van der Waals surface area contributed by atoms with Crippen LogP contribution in [0, 0.1) is 0 Å². The van der Waals surface area contributed by atoms with E-state index in [9.17, 15) is 4.79 Å². The number of fused-ring (bicyclic) bond motifs is 1. The summed E-state index contributed by atoms with van der Waals surface area (Å²) < 4.78 is 0. The first-order valence-electron chi connectivity index (χ1n) is 4.57. The van der Waals surface area contributed by atoms with E-state index in [0.29, 0.717) is 10.8 Å². The first kappa shape index (κ1) is 10.4. The van der Waals surface area contributed by atoms with E-state index in [-0.39, 0.29) is 12.6 Å². The predicted molar refractivity (Wildman–Crippen MR) is 56.8 cm³/mol. The lowest BCUT2D eigenvalue weighted by Gasteiger charge is -2.17. The Hall–Kier alpha value is -1.13. The fourth-order valence-electron chi connectivity index (χ4n) is 1.83. The molecule has 0 saturated carbocycles. The van der Waals surface area contributed by atoms with E-state index in [2.05, 4.69) is 4.98 Å². The monoisotopic (exact) mass is 226 g/mol. The third kappa shape index (κ3) is 1.33. The normalized spacial score (nSPS) is 18.1. The van der Waals surface area contributed by atoms with Gasteiger partial charge in [-0.25, -0.2) is 4.98 Å². The van der Waals surface area contributed by atoms with Gasteiger partial charge in [-0.2, -0.15) is 0 Å². The van der Waals surface area contributed by atoms with Gasteiger partial charge in [0, 0.05) is 11.8 Å². The molecule has 15 heavy (non-hydrogen) atoms. The zero-order valence-electron chi connectivity index (χ0n) is 8.49. The Labute approximate surface area is 92.5 Å². The molecule has 0 radical (unpaired) electrons. The molecule has 2 heterocycles. The topological polar surface area (TPSA) is 53.4 Å². The van der Waals surface area contributed by atoms with Crippen molar-refractivity contribution in [1.82, 2.24) is 4.98 Å². The molecule has 1 amide bonds. The van der Waals surface area contributed by atoms with E-state index in [0.717, 1.165) is 5.56 Å². The number of aromatic nitrogens is 1. The van der Waals surface area contributed by atoms with Crippen LogP contribution >= 0.6 is 11.6 Å². The number of aliphatic hydroxyl groups excluding tert-OH is 1. The van der Waals surface area contributed by atoms with E-state index in [1.807, 2.05) is 0 Å². The van der Waals surface area contributed by atoms with Crippen molar-refractivity contribution >= 4 is 23.2 Å². The maximum absolute atomic E-state index is 11.9. The van der Waals surface area contributed by atoms with Crippen LogP contribution in [0.2, 0.25) is 5.15 Å². The Balaban J connectivity index is 2.65. The number of aliphatic hydroxyl groups is 1. The summed E-state index contributed by atoms with van der Waals surface area (Å²) in [5.41, 5.74) is 0.800. The minimum absolute atomic E-state index is 0.135. The third-order valence-electron chi connectivity index (χ3n) is 2.73. The van der Waals surface area contributed by atoms with Crippen LogP contribution in [0.5, 0.6) is 0 Å². The Morgan fingerprint density at radius 1 is 1.60 bits per heavy atom. The molecule has 0 unspecified atom stereocenters. The van der Waals surface area contributed by atoms with Gasteiger partial charge in [-0.3, -0.25) is 9.69 Å². The number of amides is 1. The van der Waals surface area contributed by atoms with Crippen molar-refractivity contribution in [3.05, 3.63) is 23.0 Å². The lowest BCUT2D eigenvalue weighted by Crippen LogP contribution is -2.36. The third-order valence-corrected chi connectivity index (χ3v) is 2.94. The van der Waals surface area contributed by atoms with Crippen molar-refractivity contribution in [2.45, 2.75) is 19.3 Å². The van der Waals surface area contributed by atoms with Crippen LogP contribution in [0.25, 0.3) is 0 Å². The highest BCUT2D eigenvalue weighted by Crippen LogP contribution is 2.41. The van der Waals surface area contributed by atoms with Crippen LogP contribution in [-0.2, 0) is 10.2 Å². The van der Waals surface area contributed by atoms with Crippen LogP contribution in [0.15, 0.2) is 12.3 Å². The molecule has 1 aromatic heterocycles. The molecule has 0 saturated heterocycles. The molecule has 0 spiro atoms. The van der Waals surface area contributed by atoms with Crippen LogP contribution < -0.4 is 4.90 Å². The maximum Gasteiger partial charge on any atom is 0.239 e. The first-order chi connectivity index (χ1) is 6.98.